The molecule has 1 N–H and O–H groups in total. The Labute approximate surface area is 355 Å². The van der Waals surface area contributed by atoms with Crippen LogP contribution in [0.5, 0.6) is 5.75 Å². The van der Waals surface area contributed by atoms with E-state index in [0.29, 0.717) is 33.8 Å². The number of benzene rings is 2. The number of rotatable bonds is 10. The van der Waals surface area contributed by atoms with Gasteiger partial charge in [0.05, 0.1) is 47.3 Å². The molecule has 2 aromatic heterocycles. The van der Waals surface area contributed by atoms with Gasteiger partial charge in [-0.3, -0.25) is 38.8 Å². The zero-order valence-corrected chi connectivity index (χ0v) is 34.3. The van der Waals surface area contributed by atoms with Gasteiger partial charge in [0.2, 0.25) is 5.69 Å². The molecule has 0 spiro atoms. The summed E-state index contributed by atoms with van der Waals surface area (Å²) in [6.45, 7) is 13.8. The highest BCUT2D eigenvalue weighted by molar-refractivity contribution is 6.24. The van der Waals surface area contributed by atoms with Crippen molar-refractivity contribution < 1.29 is 28.7 Å². The molecule has 2 aromatic carbocycles. The molecule has 14 nitrogen and oxygen atoms in total. The van der Waals surface area contributed by atoms with Crippen molar-refractivity contribution in [1.82, 2.24) is 25.1 Å². The highest BCUT2D eigenvalue weighted by atomic mass is 16.5. The minimum atomic E-state index is -0.859. The van der Waals surface area contributed by atoms with Gasteiger partial charge >= 0.3 is 0 Å². The van der Waals surface area contributed by atoms with Crippen LogP contribution in [0.3, 0.4) is 0 Å². The van der Waals surface area contributed by atoms with Gasteiger partial charge in [0.15, 0.2) is 5.78 Å². The molecule has 2 aliphatic carbocycles. The number of anilines is 2. The van der Waals surface area contributed by atoms with E-state index in [4.69, 9.17) is 16.3 Å². The molecule has 5 aliphatic rings. The van der Waals surface area contributed by atoms with Crippen molar-refractivity contribution in [3.63, 3.8) is 0 Å². The fourth-order valence-corrected chi connectivity index (χ4v) is 9.71. The molecule has 0 bridgehead atoms. The number of nitrogens with zero attached hydrogens (tertiary/aromatic N) is 7. The van der Waals surface area contributed by atoms with E-state index in [0.717, 1.165) is 118 Å². The first-order valence-electron chi connectivity index (χ1n) is 21.7. The van der Waals surface area contributed by atoms with Crippen molar-refractivity contribution in [1.29, 1.82) is 0 Å². The first kappa shape index (κ1) is 40.2. The Morgan fingerprint density at radius 3 is 2.34 bits per heavy atom. The molecule has 3 aliphatic heterocycles. The minimum absolute atomic E-state index is 0.0370. The van der Waals surface area contributed by atoms with E-state index >= 15 is 0 Å². The van der Waals surface area contributed by atoms with E-state index in [9.17, 15) is 24.0 Å². The topological polar surface area (TPSA) is 150 Å². The molecular weight excluding hydrogens is 773 g/mol. The molecule has 5 heterocycles. The van der Waals surface area contributed by atoms with Gasteiger partial charge in [-0.15, -0.1) is 0 Å². The number of nitrogens with one attached hydrogen (secondary N) is 1. The number of imide groups is 1. The Kier molecular flexibility index (Phi) is 11.5. The molecule has 14 heteroatoms. The van der Waals surface area contributed by atoms with Crippen LogP contribution in [0.15, 0.2) is 67.0 Å². The van der Waals surface area contributed by atoms with Crippen LogP contribution in [0.25, 0.3) is 15.7 Å². The summed E-state index contributed by atoms with van der Waals surface area (Å²) >= 11 is 0. The van der Waals surface area contributed by atoms with Gasteiger partial charge in [-0.1, -0.05) is 6.07 Å². The second kappa shape index (κ2) is 17.4. The van der Waals surface area contributed by atoms with Crippen LogP contribution in [-0.2, 0) is 9.59 Å². The van der Waals surface area contributed by atoms with Crippen LogP contribution >= 0.6 is 0 Å². The third-order valence-corrected chi connectivity index (χ3v) is 13.3. The SMILES string of the molecule is [C-]#[N+]c1ccc(OC2CCC(NC(=O)c3ccc(N4CCC(CCN5CCN(c6ccc7c(c6)C(=O)N(C6CCC(=O)CC6=O)C7=O)CC5)CC4)nc3)CC2)c2cccnc12. The number of aromatic nitrogens is 2. The summed E-state index contributed by atoms with van der Waals surface area (Å²) in [4.78, 5) is 84.8. The molecule has 2 saturated carbocycles. The largest absolute Gasteiger partial charge is 0.490 e. The summed E-state index contributed by atoms with van der Waals surface area (Å²) in [6.07, 6.45) is 10.2. The van der Waals surface area contributed by atoms with Crippen LogP contribution in [-0.4, -0.2) is 113 Å². The number of piperazine rings is 1. The molecule has 0 radical (unpaired) electrons. The standard InChI is InChI=1S/C47H50N8O6/c1-48-39-12-14-42(37-3-2-19-49-44(37)39)61-35-9-5-32(6-10-35)51-45(58)31-4-15-43(50-29-31)54-21-17-30(18-22-54)16-20-52-23-25-53(26-24-52)33-7-11-36-38(27-33)47(60)55(46(36)59)40-13-8-34(56)28-41(40)57/h2-4,7,11-12,14-15,19,27,29-30,32,35,40H,5-6,8-10,13,16-18,20-26,28H2,(H,51,58). The number of ether oxygens (including phenoxy) is 1. The van der Waals surface area contributed by atoms with Gasteiger partial charge in [-0.05, 0) is 112 Å². The summed E-state index contributed by atoms with van der Waals surface area (Å²) < 4.78 is 6.37. The monoisotopic (exact) mass is 822 g/mol. The Morgan fingerprint density at radius 1 is 0.820 bits per heavy atom. The van der Waals surface area contributed by atoms with Gasteiger partial charge in [0, 0.05) is 75.2 Å². The third-order valence-electron chi connectivity index (χ3n) is 13.3. The average molecular weight is 823 g/mol. The average Bonchev–Trinajstić information content (AvgIpc) is 3.54. The predicted octanol–water partition coefficient (Wildman–Crippen LogP) is 6.02. The van der Waals surface area contributed by atoms with E-state index in [2.05, 4.69) is 29.8 Å². The van der Waals surface area contributed by atoms with Crippen LogP contribution in [0.4, 0.5) is 17.2 Å². The molecule has 4 fully saturated rings. The number of fused-ring (bicyclic) bond motifs is 2. The highest BCUT2D eigenvalue weighted by Gasteiger charge is 2.44. The van der Waals surface area contributed by atoms with Crippen molar-refractivity contribution in [2.75, 3.05) is 55.6 Å². The molecule has 3 amide bonds. The lowest BCUT2D eigenvalue weighted by Gasteiger charge is -2.38. The van der Waals surface area contributed by atoms with E-state index < -0.39 is 17.9 Å². The lowest BCUT2D eigenvalue weighted by Crippen LogP contribution is -2.47. The van der Waals surface area contributed by atoms with Gasteiger partial charge in [-0.25, -0.2) is 9.83 Å². The lowest BCUT2D eigenvalue weighted by molar-refractivity contribution is -0.132. The number of hydrogen-bond acceptors (Lipinski definition) is 11. The molecule has 2 saturated heterocycles. The zero-order valence-electron chi connectivity index (χ0n) is 34.3. The molecule has 61 heavy (non-hydrogen) atoms. The van der Waals surface area contributed by atoms with Crippen molar-refractivity contribution in [3.8, 4) is 5.75 Å². The first-order valence-corrected chi connectivity index (χ1v) is 21.7. The second-order valence-electron chi connectivity index (χ2n) is 17.1. The normalized spacial score (nSPS) is 22.7. The van der Waals surface area contributed by atoms with Gasteiger partial charge in [-0.2, -0.15) is 0 Å². The first-order chi connectivity index (χ1) is 29.7. The number of Topliss-reactive ketones (excluding diaryl/α,β-unsaturated/α-hetero) is 2. The smallest absolute Gasteiger partial charge is 0.262 e. The summed E-state index contributed by atoms with van der Waals surface area (Å²) in [6, 6.07) is 15.9. The zero-order chi connectivity index (χ0) is 42.0. The van der Waals surface area contributed by atoms with Crippen LogP contribution < -0.4 is 19.9 Å². The highest BCUT2D eigenvalue weighted by Crippen LogP contribution is 2.35. The number of amides is 3. The molecule has 9 rings (SSSR count). The quantitative estimate of drug-likeness (QED) is 0.114. The maximum Gasteiger partial charge on any atom is 0.262 e. The van der Waals surface area contributed by atoms with E-state index in [1.807, 2.05) is 36.4 Å². The summed E-state index contributed by atoms with van der Waals surface area (Å²) in [5, 5.41) is 4.05. The molecule has 1 atom stereocenters. The Hall–Kier alpha value is -6.20. The summed E-state index contributed by atoms with van der Waals surface area (Å²) in [5.74, 6) is 0.794. The van der Waals surface area contributed by atoms with Crippen LogP contribution in [0.1, 0.15) is 95.3 Å². The fraction of sp³-hybridized carbons (Fsp3) is 0.447. The molecule has 1 unspecified atom stereocenters. The van der Waals surface area contributed by atoms with Crippen molar-refractivity contribution in [2.45, 2.75) is 82.4 Å². The Morgan fingerprint density at radius 2 is 1.61 bits per heavy atom. The van der Waals surface area contributed by atoms with Crippen molar-refractivity contribution in [2.24, 2.45) is 5.92 Å². The second-order valence-corrected chi connectivity index (χ2v) is 17.1. The van der Waals surface area contributed by atoms with Crippen molar-refractivity contribution >= 4 is 57.4 Å². The maximum atomic E-state index is 13.3. The van der Waals surface area contributed by atoms with Crippen LogP contribution in [0, 0.1) is 12.5 Å². The Bertz CT molecular complexity index is 2390. The minimum Gasteiger partial charge on any atom is -0.490 e. The fourth-order valence-electron chi connectivity index (χ4n) is 9.71. The lowest BCUT2D eigenvalue weighted by atomic mass is 9.92. The molecule has 314 valence electrons. The third kappa shape index (κ3) is 8.44. The molecule has 4 aromatic rings. The van der Waals surface area contributed by atoms with E-state index in [1.165, 1.54) is 0 Å². The van der Waals surface area contributed by atoms with Crippen LogP contribution in [0.2, 0.25) is 0 Å². The number of piperidine rings is 1. The predicted molar refractivity (Wildman–Crippen MR) is 229 cm³/mol. The summed E-state index contributed by atoms with van der Waals surface area (Å²) in [7, 11) is 0. The number of carbonyl (C=O) groups excluding carboxylic acids is 5. The maximum absolute atomic E-state index is 13.3. The van der Waals surface area contributed by atoms with E-state index in [1.54, 1.807) is 30.6 Å². The molecular formula is C47H50N8O6. The number of pyridine rings is 2. The number of carbonyl (C=O) groups is 5. The number of hydrogen-bond donors (Lipinski definition) is 1. The van der Waals surface area contributed by atoms with Crippen molar-refractivity contribution in [3.05, 3.63) is 95.1 Å². The summed E-state index contributed by atoms with van der Waals surface area (Å²) in [5.41, 5.74) is 3.30. The Balaban J connectivity index is 0.684. The van der Waals surface area contributed by atoms with E-state index in [-0.39, 0.29) is 48.9 Å². The number of ketones is 2. The van der Waals surface area contributed by atoms with Gasteiger partial charge in [0.1, 0.15) is 17.4 Å². The van der Waals surface area contributed by atoms with Gasteiger partial charge < -0.3 is 19.9 Å². The van der Waals surface area contributed by atoms with Gasteiger partial charge in [0.25, 0.3) is 17.7 Å².